The maximum Gasteiger partial charge on any atom is 0.269 e. The molecule has 11 heteroatoms. The lowest BCUT2D eigenvalue weighted by Gasteiger charge is -2.01. The van der Waals surface area contributed by atoms with Crippen molar-refractivity contribution in [3.63, 3.8) is 0 Å². The fourth-order valence-corrected chi connectivity index (χ4v) is 2.45. The SMILES string of the molecule is Nc1[nH]ncc1S(=O)(=O)Nc1nnns1. The van der Waals surface area contributed by atoms with Crippen molar-refractivity contribution in [2.75, 3.05) is 10.5 Å². The van der Waals surface area contributed by atoms with Gasteiger partial charge in [0, 0.05) is 11.5 Å². The molecule has 0 fully saturated rings. The molecular formula is C4H5N7O2S2. The van der Waals surface area contributed by atoms with E-state index < -0.39 is 10.0 Å². The molecule has 0 spiro atoms. The molecule has 15 heavy (non-hydrogen) atoms. The highest BCUT2D eigenvalue weighted by atomic mass is 32.2. The van der Waals surface area contributed by atoms with Crippen LogP contribution in [-0.2, 0) is 10.0 Å². The Kier molecular flexibility index (Phi) is 2.24. The number of nitrogens with two attached hydrogens (primary N) is 1. The quantitative estimate of drug-likeness (QED) is 0.634. The van der Waals surface area contributed by atoms with Crippen molar-refractivity contribution in [3.8, 4) is 0 Å². The van der Waals surface area contributed by atoms with Crippen LogP contribution in [0.4, 0.5) is 10.9 Å². The van der Waals surface area contributed by atoms with E-state index >= 15 is 0 Å². The molecule has 2 aromatic rings. The zero-order valence-corrected chi connectivity index (χ0v) is 8.71. The second-order valence-electron chi connectivity index (χ2n) is 2.42. The Morgan fingerprint density at radius 2 is 2.33 bits per heavy atom. The van der Waals surface area contributed by atoms with Crippen LogP contribution in [0.2, 0.25) is 0 Å². The highest BCUT2D eigenvalue weighted by molar-refractivity contribution is 7.93. The summed E-state index contributed by atoms with van der Waals surface area (Å²) in [5, 5.41) is 12.6. The molecule has 2 rings (SSSR count). The summed E-state index contributed by atoms with van der Waals surface area (Å²) in [6.07, 6.45) is 1.10. The van der Waals surface area contributed by atoms with Crippen molar-refractivity contribution in [1.82, 2.24) is 25.0 Å². The van der Waals surface area contributed by atoms with E-state index in [9.17, 15) is 8.42 Å². The number of sulfonamides is 1. The molecule has 0 atom stereocenters. The maximum atomic E-state index is 11.6. The fraction of sp³-hybridized carbons (Fsp3) is 0. The lowest BCUT2D eigenvalue weighted by atomic mass is 10.7. The molecule has 0 aliphatic carbocycles. The largest absolute Gasteiger partial charge is 0.383 e. The number of aromatic amines is 1. The average Bonchev–Trinajstić information content (AvgIpc) is 2.75. The summed E-state index contributed by atoms with van der Waals surface area (Å²) in [5.41, 5.74) is 5.37. The highest BCUT2D eigenvalue weighted by Gasteiger charge is 2.20. The summed E-state index contributed by atoms with van der Waals surface area (Å²) >= 11 is 0.819. The third-order valence-electron chi connectivity index (χ3n) is 1.44. The molecule has 0 bridgehead atoms. The van der Waals surface area contributed by atoms with E-state index in [1.165, 1.54) is 0 Å². The highest BCUT2D eigenvalue weighted by Crippen LogP contribution is 2.18. The first-order valence-electron chi connectivity index (χ1n) is 3.56. The number of nitrogens with one attached hydrogen (secondary N) is 2. The Hall–Kier alpha value is -1.75. The first-order valence-corrected chi connectivity index (χ1v) is 5.82. The molecule has 0 aromatic carbocycles. The zero-order chi connectivity index (χ0) is 10.9. The zero-order valence-electron chi connectivity index (χ0n) is 7.08. The number of aromatic nitrogens is 5. The minimum Gasteiger partial charge on any atom is -0.383 e. The monoisotopic (exact) mass is 247 g/mol. The number of anilines is 2. The van der Waals surface area contributed by atoms with Gasteiger partial charge in [0.2, 0.25) is 5.13 Å². The molecule has 0 aliphatic rings. The van der Waals surface area contributed by atoms with E-state index in [0.717, 1.165) is 17.7 Å². The minimum absolute atomic E-state index is 0.0417. The second-order valence-corrected chi connectivity index (χ2v) is 4.80. The van der Waals surface area contributed by atoms with E-state index in [1.807, 2.05) is 0 Å². The predicted octanol–water partition coefficient (Wildman–Crippen LogP) is -0.961. The Morgan fingerprint density at radius 1 is 1.53 bits per heavy atom. The first kappa shape index (κ1) is 9.79. The summed E-state index contributed by atoms with van der Waals surface area (Å²) in [4.78, 5) is -0.141. The van der Waals surface area contributed by atoms with Crippen LogP contribution in [0.15, 0.2) is 11.1 Å². The van der Waals surface area contributed by atoms with E-state index in [4.69, 9.17) is 5.73 Å². The molecular weight excluding hydrogens is 242 g/mol. The Balaban J connectivity index is 2.33. The van der Waals surface area contributed by atoms with E-state index in [0.29, 0.717) is 0 Å². The van der Waals surface area contributed by atoms with Crippen LogP contribution in [0.1, 0.15) is 0 Å². The molecule has 9 nitrogen and oxygen atoms in total. The molecule has 0 saturated heterocycles. The van der Waals surface area contributed by atoms with Crippen LogP contribution < -0.4 is 10.5 Å². The predicted molar refractivity (Wildman–Crippen MR) is 51.5 cm³/mol. The van der Waals surface area contributed by atoms with Crippen molar-refractivity contribution in [2.45, 2.75) is 4.90 Å². The van der Waals surface area contributed by atoms with Crippen molar-refractivity contribution >= 4 is 32.5 Å². The van der Waals surface area contributed by atoms with Gasteiger partial charge in [-0.1, -0.05) is 9.59 Å². The van der Waals surface area contributed by atoms with E-state index in [2.05, 4.69) is 29.7 Å². The number of H-pyrrole nitrogens is 1. The van der Waals surface area contributed by atoms with Gasteiger partial charge in [0.15, 0.2) is 0 Å². The number of hydrogen-bond donors (Lipinski definition) is 3. The van der Waals surface area contributed by atoms with Crippen molar-refractivity contribution in [1.29, 1.82) is 0 Å². The normalized spacial score (nSPS) is 11.5. The smallest absolute Gasteiger partial charge is 0.269 e. The van der Waals surface area contributed by atoms with Gasteiger partial charge < -0.3 is 5.73 Å². The lowest BCUT2D eigenvalue weighted by molar-refractivity contribution is 0.601. The van der Waals surface area contributed by atoms with Gasteiger partial charge >= 0.3 is 0 Å². The number of nitrogen functional groups attached to an aromatic ring is 1. The van der Waals surface area contributed by atoms with Gasteiger partial charge in [-0.15, -0.1) is 0 Å². The fourth-order valence-electron chi connectivity index (χ4n) is 0.842. The van der Waals surface area contributed by atoms with Gasteiger partial charge in [0.05, 0.1) is 6.20 Å². The molecule has 0 unspecified atom stereocenters. The van der Waals surface area contributed by atoms with Crippen LogP contribution >= 0.6 is 11.5 Å². The summed E-state index contributed by atoms with van der Waals surface area (Å²) in [7, 11) is -3.77. The summed E-state index contributed by atoms with van der Waals surface area (Å²) < 4.78 is 28.8. The second kappa shape index (κ2) is 3.43. The number of hydrogen-bond acceptors (Lipinski definition) is 8. The lowest BCUT2D eigenvalue weighted by Crippen LogP contribution is -2.13. The van der Waals surface area contributed by atoms with Crippen LogP contribution in [0.25, 0.3) is 0 Å². The van der Waals surface area contributed by atoms with Gasteiger partial charge in [0.25, 0.3) is 10.0 Å². The van der Waals surface area contributed by atoms with Crippen molar-refractivity contribution in [2.24, 2.45) is 0 Å². The van der Waals surface area contributed by atoms with Gasteiger partial charge in [-0.25, -0.2) is 8.42 Å². The van der Waals surface area contributed by atoms with E-state index in [-0.39, 0.29) is 15.8 Å². The van der Waals surface area contributed by atoms with Gasteiger partial charge in [-0.2, -0.15) is 5.10 Å². The molecule has 0 saturated carbocycles. The Bertz CT molecular complexity index is 543. The topological polar surface area (TPSA) is 140 Å². The number of nitrogens with zero attached hydrogens (tertiary/aromatic N) is 4. The van der Waals surface area contributed by atoms with Crippen molar-refractivity contribution in [3.05, 3.63) is 6.20 Å². The Morgan fingerprint density at radius 3 is 2.87 bits per heavy atom. The summed E-state index contributed by atoms with van der Waals surface area (Å²) in [6, 6.07) is 0. The first-order chi connectivity index (χ1) is 7.09. The minimum atomic E-state index is -3.77. The van der Waals surface area contributed by atoms with Crippen LogP contribution in [0, 0.1) is 0 Å². The van der Waals surface area contributed by atoms with Crippen LogP contribution in [-0.4, -0.2) is 33.4 Å². The van der Waals surface area contributed by atoms with Crippen molar-refractivity contribution < 1.29 is 8.42 Å². The van der Waals surface area contributed by atoms with Crippen LogP contribution in [0.5, 0.6) is 0 Å². The van der Waals surface area contributed by atoms with Gasteiger partial charge in [-0.05, 0) is 5.21 Å². The van der Waals surface area contributed by atoms with E-state index in [1.54, 1.807) is 0 Å². The molecule has 2 aromatic heterocycles. The molecule has 2 heterocycles. The van der Waals surface area contributed by atoms with Gasteiger partial charge in [-0.3, -0.25) is 9.82 Å². The number of rotatable bonds is 3. The maximum absolute atomic E-state index is 11.6. The summed E-state index contributed by atoms with van der Waals surface area (Å²) in [6.45, 7) is 0. The Labute approximate surface area is 87.9 Å². The molecule has 4 N–H and O–H groups in total. The molecule has 0 amide bonds. The third-order valence-corrected chi connectivity index (χ3v) is 3.45. The molecule has 80 valence electrons. The molecule has 0 radical (unpaired) electrons. The molecule has 0 aliphatic heterocycles. The standard InChI is InChI=1S/C4H5N7O2S2/c5-3-2(1-6-7-3)15(12,13)9-4-8-10-11-14-4/h1H,(H3,5,6,7)(H,8,9,11). The van der Waals surface area contributed by atoms with Gasteiger partial charge in [0.1, 0.15) is 10.7 Å². The van der Waals surface area contributed by atoms with Crippen LogP contribution in [0.3, 0.4) is 0 Å². The average molecular weight is 247 g/mol. The summed E-state index contributed by atoms with van der Waals surface area (Å²) in [5.74, 6) is -0.0417. The third kappa shape index (κ3) is 1.87.